The number of hydrogen-bond donors (Lipinski definition) is 1. The summed E-state index contributed by atoms with van der Waals surface area (Å²) in [5.74, 6) is 0.533. The molecule has 0 rings (SSSR count). The third kappa shape index (κ3) is 7.49. The maximum atomic E-state index is 9.91. The van der Waals surface area contributed by atoms with E-state index in [4.69, 9.17) is 5.73 Å². The van der Waals surface area contributed by atoms with Crippen molar-refractivity contribution < 1.29 is 4.92 Å². The molecule has 0 aromatic rings. The number of allylic oxidation sites excluding steroid dienone is 3. The fourth-order valence-corrected chi connectivity index (χ4v) is 1.04. The first-order valence-corrected chi connectivity index (χ1v) is 4.85. The Kier molecular flexibility index (Phi) is 7.74. The molecule has 0 bridgehead atoms. The second-order valence-corrected chi connectivity index (χ2v) is 3.12. The van der Waals surface area contributed by atoms with E-state index in [2.05, 4.69) is 6.92 Å². The molecule has 0 radical (unpaired) electrons. The van der Waals surface area contributed by atoms with E-state index in [9.17, 15) is 10.1 Å². The van der Waals surface area contributed by atoms with E-state index >= 15 is 0 Å². The highest BCUT2D eigenvalue weighted by Gasteiger charge is 1.98. The van der Waals surface area contributed by atoms with Crippen molar-refractivity contribution in [1.82, 2.24) is 0 Å². The highest BCUT2D eigenvalue weighted by molar-refractivity contribution is 4.90. The fraction of sp³-hybridized carbons (Fsp3) is 0.600. The predicted molar refractivity (Wildman–Crippen MR) is 57.3 cm³/mol. The van der Waals surface area contributed by atoms with Gasteiger partial charge in [-0.15, -0.1) is 0 Å². The summed E-state index contributed by atoms with van der Waals surface area (Å²) in [6, 6.07) is 0. The van der Waals surface area contributed by atoms with E-state index in [-0.39, 0.29) is 0 Å². The van der Waals surface area contributed by atoms with Crippen LogP contribution in [0.1, 0.15) is 26.2 Å². The second kappa shape index (κ2) is 8.44. The Morgan fingerprint density at radius 3 is 2.64 bits per heavy atom. The van der Waals surface area contributed by atoms with Crippen LogP contribution in [0.5, 0.6) is 0 Å². The Balaban J connectivity index is 3.58. The number of nitrogens with zero attached hydrogens (tertiary/aromatic N) is 1. The zero-order chi connectivity index (χ0) is 10.8. The predicted octanol–water partition coefficient (Wildman–Crippen LogP) is 2.10. The van der Waals surface area contributed by atoms with Crippen LogP contribution in [0.15, 0.2) is 24.4 Å². The fourth-order valence-electron chi connectivity index (χ4n) is 1.04. The molecule has 0 aliphatic heterocycles. The molecule has 0 fully saturated rings. The Morgan fingerprint density at radius 1 is 1.43 bits per heavy atom. The minimum atomic E-state index is -0.456. The molecular weight excluding hydrogens is 180 g/mol. The van der Waals surface area contributed by atoms with Crippen molar-refractivity contribution in [3.05, 3.63) is 34.5 Å². The SMILES string of the molecule is CC[C@@H](CN)C/C=C\C/C=C/[N+](=O)[O-]. The zero-order valence-electron chi connectivity index (χ0n) is 8.56. The van der Waals surface area contributed by atoms with Gasteiger partial charge in [0.25, 0.3) is 0 Å². The molecule has 0 amide bonds. The number of nitro groups is 1. The maximum Gasteiger partial charge on any atom is 0.230 e. The molecular formula is C10H18N2O2. The minimum Gasteiger partial charge on any atom is -0.330 e. The highest BCUT2D eigenvalue weighted by atomic mass is 16.6. The van der Waals surface area contributed by atoms with Crippen LogP contribution in [0.2, 0.25) is 0 Å². The van der Waals surface area contributed by atoms with Gasteiger partial charge in [0.05, 0.1) is 4.92 Å². The normalized spacial score (nSPS) is 13.9. The van der Waals surface area contributed by atoms with Crippen molar-refractivity contribution in [2.24, 2.45) is 11.7 Å². The summed E-state index contributed by atoms with van der Waals surface area (Å²) < 4.78 is 0. The van der Waals surface area contributed by atoms with Gasteiger partial charge >= 0.3 is 0 Å². The lowest BCUT2D eigenvalue weighted by Gasteiger charge is -2.07. The first-order valence-electron chi connectivity index (χ1n) is 4.85. The van der Waals surface area contributed by atoms with E-state index in [1.54, 1.807) is 0 Å². The van der Waals surface area contributed by atoms with Crippen LogP contribution in [0.3, 0.4) is 0 Å². The third-order valence-corrected chi connectivity index (χ3v) is 2.05. The summed E-state index contributed by atoms with van der Waals surface area (Å²) in [6.45, 7) is 2.81. The maximum absolute atomic E-state index is 9.91. The molecule has 4 nitrogen and oxygen atoms in total. The van der Waals surface area contributed by atoms with Crippen LogP contribution in [-0.4, -0.2) is 11.5 Å². The molecule has 14 heavy (non-hydrogen) atoms. The van der Waals surface area contributed by atoms with Crippen molar-refractivity contribution in [3.8, 4) is 0 Å². The van der Waals surface area contributed by atoms with Gasteiger partial charge in [0.2, 0.25) is 6.20 Å². The van der Waals surface area contributed by atoms with E-state index in [0.717, 1.165) is 19.0 Å². The number of hydrogen-bond acceptors (Lipinski definition) is 3. The van der Waals surface area contributed by atoms with Crippen molar-refractivity contribution >= 4 is 0 Å². The van der Waals surface area contributed by atoms with Crippen LogP contribution < -0.4 is 5.73 Å². The summed E-state index contributed by atoms with van der Waals surface area (Å²) in [5.41, 5.74) is 5.53. The van der Waals surface area contributed by atoms with Gasteiger partial charge in [0.15, 0.2) is 0 Å². The first kappa shape index (κ1) is 12.8. The van der Waals surface area contributed by atoms with Gasteiger partial charge < -0.3 is 5.73 Å². The largest absolute Gasteiger partial charge is 0.330 e. The average Bonchev–Trinajstić information content (AvgIpc) is 2.16. The Bertz CT molecular complexity index is 208. The molecule has 0 saturated heterocycles. The zero-order valence-corrected chi connectivity index (χ0v) is 8.56. The summed E-state index contributed by atoms with van der Waals surface area (Å²) >= 11 is 0. The molecule has 0 saturated carbocycles. The van der Waals surface area contributed by atoms with Crippen LogP contribution in [0.25, 0.3) is 0 Å². The smallest absolute Gasteiger partial charge is 0.230 e. The lowest BCUT2D eigenvalue weighted by atomic mass is 10.0. The molecule has 0 aromatic heterocycles. The minimum absolute atomic E-state index is 0.456. The second-order valence-electron chi connectivity index (χ2n) is 3.12. The van der Waals surface area contributed by atoms with Crippen molar-refractivity contribution in [2.45, 2.75) is 26.2 Å². The number of nitrogens with two attached hydrogens (primary N) is 1. The molecule has 80 valence electrons. The van der Waals surface area contributed by atoms with Crippen molar-refractivity contribution in [3.63, 3.8) is 0 Å². The summed E-state index contributed by atoms with van der Waals surface area (Å²) in [6.07, 6.45) is 9.10. The molecule has 1 atom stereocenters. The topological polar surface area (TPSA) is 69.2 Å². The molecule has 0 unspecified atom stereocenters. The molecule has 0 aromatic carbocycles. The Morgan fingerprint density at radius 2 is 2.14 bits per heavy atom. The van der Waals surface area contributed by atoms with Crippen LogP contribution in [0, 0.1) is 16.0 Å². The third-order valence-electron chi connectivity index (χ3n) is 2.05. The van der Waals surface area contributed by atoms with Gasteiger partial charge in [-0.25, -0.2) is 0 Å². The van der Waals surface area contributed by atoms with Gasteiger partial charge in [-0.2, -0.15) is 0 Å². The summed E-state index contributed by atoms with van der Waals surface area (Å²) in [7, 11) is 0. The monoisotopic (exact) mass is 198 g/mol. The average molecular weight is 198 g/mol. The van der Waals surface area contributed by atoms with Crippen LogP contribution >= 0.6 is 0 Å². The van der Waals surface area contributed by atoms with Crippen LogP contribution in [-0.2, 0) is 0 Å². The van der Waals surface area contributed by atoms with Crippen molar-refractivity contribution in [1.29, 1.82) is 0 Å². The summed E-state index contributed by atoms with van der Waals surface area (Å²) in [5, 5.41) is 9.91. The van der Waals surface area contributed by atoms with Crippen molar-refractivity contribution in [2.75, 3.05) is 6.54 Å². The van der Waals surface area contributed by atoms with E-state index in [0.29, 0.717) is 18.9 Å². The quantitative estimate of drug-likeness (QED) is 0.387. The van der Waals surface area contributed by atoms with Gasteiger partial charge in [0, 0.05) is 0 Å². The van der Waals surface area contributed by atoms with Gasteiger partial charge in [-0.1, -0.05) is 25.5 Å². The standard InChI is InChI=1S/C10H18N2O2/c1-2-10(9-11)7-5-3-4-6-8-12(13)14/h3,5-6,8,10H,2,4,7,9,11H2,1H3/b5-3-,8-6+/t10-/m1/s1. The van der Waals surface area contributed by atoms with Gasteiger partial charge in [-0.05, 0) is 31.4 Å². The lowest BCUT2D eigenvalue weighted by molar-refractivity contribution is -0.402. The highest BCUT2D eigenvalue weighted by Crippen LogP contribution is 2.06. The van der Waals surface area contributed by atoms with Gasteiger partial charge in [0.1, 0.15) is 0 Å². The van der Waals surface area contributed by atoms with Crippen LogP contribution in [0.4, 0.5) is 0 Å². The summed E-state index contributed by atoms with van der Waals surface area (Å²) in [4.78, 5) is 9.46. The Labute approximate surface area is 84.6 Å². The molecule has 0 aliphatic rings. The molecule has 0 aliphatic carbocycles. The molecule has 4 heteroatoms. The molecule has 0 spiro atoms. The van der Waals surface area contributed by atoms with E-state index in [1.165, 1.54) is 6.08 Å². The molecule has 2 N–H and O–H groups in total. The Hall–Kier alpha value is -1.16. The first-order chi connectivity index (χ1) is 6.70. The van der Waals surface area contributed by atoms with Gasteiger partial charge in [-0.3, -0.25) is 10.1 Å². The lowest BCUT2D eigenvalue weighted by Crippen LogP contribution is -2.12. The van der Waals surface area contributed by atoms with E-state index < -0.39 is 4.92 Å². The van der Waals surface area contributed by atoms with E-state index in [1.807, 2.05) is 12.2 Å². The molecule has 0 heterocycles. The number of rotatable bonds is 7.